The first-order chi connectivity index (χ1) is 9.79. The van der Waals surface area contributed by atoms with Crippen LogP contribution in [0.15, 0.2) is 51.2 Å². The van der Waals surface area contributed by atoms with Crippen molar-refractivity contribution < 1.29 is 4.74 Å². The molecule has 6 heteroatoms. The van der Waals surface area contributed by atoms with Crippen LogP contribution in [-0.2, 0) is 11.3 Å². The Hall–Kier alpha value is -0.950. The third kappa shape index (κ3) is 4.86. The molecule has 0 fully saturated rings. The Bertz CT molecular complexity index is 536. The number of benzene rings is 1. The van der Waals surface area contributed by atoms with Crippen molar-refractivity contribution in [3.05, 3.63) is 46.7 Å². The van der Waals surface area contributed by atoms with Crippen LogP contribution in [0.2, 0.25) is 0 Å². The molecule has 0 saturated carbocycles. The van der Waals surface area contributed by atoms with Crippen molar-refractivity contribution in [2.75, 3.05) is 20.3 Å². The van der Waals surface area contributed by atoms with Crippen LogP contribution in [0.3, 0.4) is 0 Å². The third-order valence-corrected chi connectivity index (χ3v) is 4.45. The van der Waals surface area contributed by atoms with Crippen LogP contribution in [-0.4, -0.2) is 30.2 Å². The van der Waals surface area contributed by atoms with E-state index in [2.05, 4.69) is 31.2 Å². The van der Waals surface area contributed by atoms with E-state index in [0.717, 1.165) is 33.2 Å². The first-order valence-electron chi connectivity index (χ1n) is 6.22. The average molecular weight is 354 g/mol. The largest absolute Gasteiger partial charge is 0.383 e. The summed E-state index contributed by atoms with van der Waals surface area (Å²) in [5.74, 6) is 0. The van der Waals surface area contributed by atoms with Crippen molar-refractivity contribution in [3.63, 3.8) is 0 Å². The van der Waals surface area contributed by atoms with E-state index >= 15 is 0 Å². The number of hydrogen-bond donors (Lipinski definition) is 1. The van der Waals surface area contributed by atoms with Crippen molar-refractivity contribution in [1.29, 1.82) is 0 Å². The van der Waals surface area contributed by atoms with E-state index < -0.39 is 0 Å². The predicted molar refractivity (Wildman–Crippen MR) is 83.9 cm³/mol. The smallest absolute Gasteiger partial charge is 0.192 e. The zero-order valence-corrected chi connectivity index (χ0v) is 13.6. The lowest BCUT2D eigenvalue weighted by Gasteiger charge is -2.05. The summed E-state index contributed by atoms with van der Waals surface area (Å²) in [6.45, 7) is 2.28. The number of hydrogen-bond acceptors (Lipinski definition) is 5. The van der Waals surface area contributed by atoms with Crippen LogP contribution in [0, 0.1) is 0 Å². The van der Waals surface area contributed by atoms with E-state index in [1.807, 2.05) is 36.7 Å². The first-order valence-corrected chi connectivity index (χ1v) is 7.83. The molecule has 0 saturated heterocycles. The molecule has 2 rings (SSSR count). The monoisotopic (exact) mass is 353 g/mol. The second-order valence-corrected chi connectivity index (χ2v) is 5.94. The van der Waals surface area contributed by atoms with E-state index in [1.54, 1.807) is 18.9 Å². The molecule has 0 spiro atoms. The van der Waals surface area contributed by atoms with Gasteiger partial charge in [0.05, 0.1) is 6.61 Å². The summed E-state index contributed by atoms with van der Waals surface area (Å²) in [4.78, 5) is 9.86. The maximum Gasteiger partial charge on any atom is 0.192 e. The van der Waals surface area contributed by atoms with Crippen molar-refractivity contribution in [3.8, 4) is 0 Å². The SMILES string of the molecule is COCCNCc1cnc(Sc2ccccc2Br)nc1. The zero-order valence-electron chi connectivity index (χ0n) is 11.2. The van der Waals surface area contributed by atoms with E-state index in [-0.39, 0.29) is 0 Å². The van der Waals surface area contributed by atoms with Gasteiger partial charge in [-0.3, -0.25) is 0 Å². The Morgan fingerprint density at radius 2 is 2.00 bits per heavy atom. The Balaban J connectivity index is 1.90. The van der Waals surface area contributed by atoms with E-state index in [1.165, 1.54) is 0 Å². The number of nitrogens with one attached hydrogen (secondary N) is 1. The van der Waals surface area contributed by atoms with Crippen LogP contribution in [0.5, 0.6) is 0 Å². The summed E-state index contributed by atoms with van der Waals surface area (Å²) in [7, 11) is 1.69. The molecule has 20 heavy (non-hydrogen) atoms. The highest BCUT2D eigenvalue weighted by Crippen LogP contribution is 2.30. The summed E-state index contributed by atoms with van der Waals surface area (Å²) >= 11 is 5.06. The fraction of sp³-hybridized carbons (Fsp3) is 0.286. The van der Waals surface area contributed by atoms with Gasteiger partial charge in [0.25, 0.3) is 0 Å². The Kier molecular flexibility index (Phi) is 6.46. The highest BCUT2D eigenvalue weighted by Gasteiger charge is 2.04. The Morgan fingerprint density at radius 3 is 2.70 bits per heavy atom. The summed E-state index contributed by atoms with van der Waals surface area (Å²) in [6.07, 6.45) is 3.71. The molecule has 0 radical (unpaired) electrons. The van der Waals surface area contributed by atoms with Crippen molar-refractivity contribution in [2.45, 2.75) is 16.6 Å². The lowest BCUT2D eigenvalue weighted by Crippen LogP contribution is -2.18. The Labute approximate surface area is 131 Å². The number of rotatable bonds is 7. The molecule has 106 valence electrons. The second-order valence-electron chi connectivity index (χ2n) is 4.08. The predicted octanol–water partition coefficient (Wildman–Crippen LogP) is 3.13. The van der Waals surface area contributed by atoms with E-state index in [0.29, 0.717) is 6.61 Å². The average Bonchev–Trinajstić information content (AvgIpc) is 2.48. The highest BCUT2D eigenvalue weighted by atomic mass is 79.9. The molecule has 0 atom stereocenters. The molecule has 1 N–H and O–H groups in total. The normalized spacial score (nSPS) is 10.7. The fourth-order valence-corrected chi connectivity index (χ4v) is 2.77. The van der Waals surface area contributed by atoms with Gasteiger partial charge in [0.15, 0.2) is 5.16 Å². The molecular weight excluding hydrogens is 338 g/mol. The molecule has 4 nitrogen and oxygen atoms in total. The number of halogens is 1. The minimum absolute atomic E-state index is 0.705. The lowest BCUT2D eigenvalue weighted by molar-refractivity contribution is 0.199. The minimum Gasteiger partial charge on any atom is -0.383 e. The quantitative estimate of drug-likeness (QED) is 0.612. The lowest BCUT2D eigenvalue weighted by atomic mass is 10.3. The van der Waals surface area contributed by atoms with Gasteiger partial charge in [0.1, 0.15) is 0 Å². The zero-order chi connectivity index (χ0) is 14.2. The van der Waals surface area contributed by atoms with Crippen molar-refractivity contribution in [1.82, 2.24) is 15.3 Å². The molecule has 0 aliphatic carbocycles. The maximum absolute atomic E-state index is 4.97. The Morgan fingerprint density at radius 1 is 1.25 bits per heavy atom. The van der Waals surface area contributed by atoms with Gasteiger partial charge in [-0.15, -0.1) is 0 Å². The number of nitrogens with zero attached hydrogens (tertiary/aromatic N) is 2. The summed E-state index contributed by atoms with van der Waals surface area (Å²) in [5, 5.41) is 4.01. The van der Waals surface area contributed by atoms with Gasteiger partial charge in [-0.2, -0.15) is 0 Å². The van der Waals surface area contributed by atoms with Crippen LogP contribution in [0.1, 0.15) is 5.56 Å². The van der Waals surface area contributed by atoms with Gasteiger partial charge in [-0.1, -0.05) is 12.1 Å². The molecule has 0 unspecified atom stereocenters. The summed E-state index contributed by atoms with van der Waals surface area (Å²) in [6, 6.07) is 8.04. The molecule has 0 amide bonds. The van der Waals surface area contributed by atoms with Crippen LogP contribution in [0.4, 0.5) is 0 Å². The number of aromatic nitrogens is 2. The van der Waals surface area contributed by atoms with E-state index in [9.17, 15) is 0 Å². The van der Waals surface area contributed by atoms with Gasteiger partial charge in [0, 0.05) is 47.5 Å². The van der Waals surface area contributed by atoms with Crippen molar-refractivity contribution in [2.24, 2.45) is 0 Å². The van der Waals surface area contributed by atoms with Crippen molar-refractivity contribution >= 4 is 27.7 Å². The molecule has 1 heterocycles. The van der Waals surface area contributed by atoms with Crippen LogP contribution >= 0.6 is 27.7 Å². The van der Waals surface area contributed by atoms with Gasteiger partial charge >= 0.3 is 0 Å². The summed E-state index contributed by atoms with van der Waals surface area (Å²) in [5.41, 5.74) is 1.07. The standard InChI is InChI=1S/C14H16BrN3OS/c1-19-7-6-16-8-11-9-17-14(18-10-11)20-13-5-3-2-4-12(13)15/h2-5,9-10,16H,6-8H2,1H3. The summed E-state index contributed by atoms with van der Waals surface area (Å²) < 4.78 is 6.03. The first kappa shape index (κ1) is 15.4. The third-order valence-electron chi connectivity index (χ3n) is 2.53. The number of methoxy groups -OCH3 is 1. The second kappa shape index (κ2) is 8.36. The molecule has 0 aliphatic heterocycles. The van der Waals surface area contributed by atoms with Gasteiger partial charge in [-0.25, -0.2) is 9.97 Å². The number of ether oxygens (including phenoxy) is 1. The minimum atomic E-state index is 0.705. The van der Waals surface area contributed by atoms with E-state index in [4.69, 9.17) is 4.74 Å². The molecule has 0 bridgehead atoms. The molecule has 0 aliphatic rings. The van der Waals surface area contributed by atoms with Gasteiger partial charge < -0.3 is 10.1 Å². The maximum atomic E-state index is 4.97. The highest BCUT2D eigenvalue weighted by molar-refractivity contribution is 9.10. The fourth-order valence-electron chi connectivity index (χ4n) is 1.52. The van der Waals surface area contributed by atoms with Crippen LogP contribution in [0.25, 0.3) is 0 Å². The van der Waals surface area contributed by atoms with Gasteiger partial charge in [-0.05, 0) is 39.8 Å². The molecule has 1 aromatic carbocycles. The molecule has 1 aromatic heterocycles. The topological polar surface area (TPSA) is 47.0 Å². The van der Waals surface area contributed by atoms with Crippen LogP contribution < -0.4 is 5.32 Å². The molecular formula is C14H16BrN3OS. The molecule has 2 aromatic rings. The van der Waals surface area contributed by atoms with Gasteiger partial charge in [0.2, 0.25) is 0 Å².